The zero-order chi connectivity index (χ0) is 15.6. The predicted octanol–water partition coefficient (Wildman–Crippen LogP) is 4.18. The molecular weight excluding hydrogens is 311 g/mol. The number of nitrogen functional groups attached to an aromatic ring is 1. The normalized spacial score (nSPS) is 10.5. The third-order valence-electron chi connectivity index (χ3n) is 3.12. The summed E-state index contributed by atoms with van der Waals surface area (Å²) in [5.41, 5.74) is 8.82. The number of hydrogen-bond donors (Lipinski definition) is 1. The van der Waals surface area contributed by atoms with Crippen molar-refractivity contribution in [2.45, 2.75) is 20.5 Å². The topological polar surface area (TPSA) is 57.4 Å². The number of hydrogen-bond acceptors (Lipinski definition) is 4. The lowest BCUT2D eigenvalue weighted by molar-refractivity contribution is 0.299. The molecule has 21 heavy (non-hydrogen) atoms. The summed E-state index contributed by atoms with van der Waals surface area (Å²) < 4.78 is 11.1. The monoisotopic (exact) mass is 326 g/mol. The van der Waals surface area contributed by atoms with E-state index < -0.39 is 0 Å². The summed E-state index contributed by atoms with van der Waals surface area (Å²) in [5, 5.41) is 0.744. The van der Waals surface area contributed by atoms with Gasteiger partial charge in [0.2, 0.25) is 0 Å². The lowest BCUT2D eigenvalue weighted by Crippen LogP contribution is -2.04. The molecule has 0 unspecified atom stereocenters. The third kappa shape index (κ3) is 3.34. The summed E-state index contributed by atoms with van der Waals surface area (Å²) in [4.78, 5) is 4.36. The Morgan fingerprint density at radius 2 is 1.76 bits per heavy atom. The number of pyridine rings is 1. The summed E-state index contributed by atoms with van der Waals surface area (Å²) in [6, 6.07) is 3.19. The Bertz CT molecular complexity index is 652. The van der Waals surface area contributed by atoms with Crippen molar-refractivity contribution < 1.29 is 9.47 Å². The number of rotatable bonds is 4. The first-order valence-corrected chi connectivity index (χ1v) is 7.06. The second-order valence-electron chi connectivity index (χ2n) is 4.65. The van der Waals surface area contributed by atoms with Crippen LogP contribution in [0.15, 0.2) is 18.3 Å². The molecule has 2 rings (SSSR count). The first kappa shape index (κ1) is 15.7. The number of aryl methyl sites for hydroxylation is 1. The Balaban J connectivity index is 2.25. The van der Waals surface area contributed by atoms with E-state index >= 15 is 0 Å². The summed E-state index contributed by atoms with van der Waals surface area (Å²) in [7, 11) is 1.63. The van der Waals surface area contributed by atoms with Crippen LogP contribution in [-0.2, 0) is 6.61 Å². The van der Waals surface area contributed by atoms with Crippen LogP contribution in [0.25, 0.3) is 0 Å². The van der Waals surface area contributed by atoms with Gasteiger partial charge in [-0.2, -0.15) is 0 Å². The molecule has 0 bridgehead atoms. The Kier molecular flexibility index (Phi) is 4.80. The average molecular weight is 327 g/mol. The van der Waals surface area contributed by atoms with Crippen molar-refractivity contribution in [2.75, 3.05) is 12.8 Å². The zero-order valence-electron chi connectivity index (χ0n) is 12.0. The minimum atomic E-state index is 0.242. The molecule has 0 saturated heterocycles. The molecule has 2 aromatic rings. The van der Waals surface area contributed by atoms with E-state index in [1.807, 2.05) is 13.8 Å². The van der Waals surface area contributed by atoms with Gasteiger partial charge in [-0.25, -0.2) is 0 Å². The fourth-order valence-electron chi connectivity index (χ4n) is 2.07. The lowest BCUT2D eigenvalue weighted by atomic mass is 10.1. The second kappa shape index (κ2) is 6.41. The van der Waals surface area contributed by atoms with Gasteiger partial charge < -0.3 is 15.2 Å². The van der Waals surface area contributed by atoms with Crippen molar-refractivity contribution in [2.24, 2.45) is 0 Å². The molecule has 0 fully saturated rings. The quantitative estimate of drug-likeness (QED) is 0.856. The van der Waals surface area contributed by atoms with Crippen molar-refractivity contribution in [1.82, 2.24) is 4.98 Å². The second-order valence-corrected chi connectivity index (χ2v) is 5.46. The first-order chi connectivity index (χ1) is 9.93. The number of benzene rings is 1. The molecule has 0 radical (unpaired) electrons. The highest BCUT2D eigenvalue weighted by atomic mass is 35.5. The van der Waals surface area contributed by atoms with Crippen LogP contribution in [0.5, 0.6) is 11.5 Å². The minimum Gasteiger partial charge on any atom is -0.496 e. The maximum Gasteiger partial charge on any atom is 0.157 e. The van der Waals surface area contributed by atoms with E-state index in [-0.39, 0.29) is 6.61 Å². The van der Waals surface area contributed by atoms with Crippen molar-refractivity contribution in [3.63, 3.8) is 0 Å². The molecule has 1 aromatic heterocycles. The number of ether oxygens (including phenoxy) is 2. The molecule has 1 heterocycles. The van der Waals surface area contributed by atoms with Gasteiger partial charge in [-0.3, -0.25) is 4.98 Å². The highest BCUT2D eigenvalue weighted by Gasteiger charge is 2.13. The highest BCUT2D eigenvalue weighted by Crippen LogP contribution is 2.36. The van der Waals surface area contributed by atoms with Gasteiger partial charge in [-0.15, -0.1) is 0 Å². The van der Waals surface area contributed by atoms with Crippen LogP contribution in [0.4, 0.5) is 5.69 Å². The first-order valence-electron chi connectivity index (χ1n) is 6.30. The minimum absolute atomic E-state index is 0.242. The van der Waals surface area contributed by atoms with E-state index in [4.69, 9.17) is 38.4 Å². The predicted molar refractivity (Wildman–Crippen MR) is 85.5 cm³/mol. The molecule has 0 saturated carbocycles. The van der Waals surface area contributed by atoms with Crippen LogP contribution in [0, 0.1) is 13.8 Å². The molecule has 2 N–H and O–H groups in total. The zero-order valence-corrected chi connectivity index (χ0v) is 13.5. The number of nitrogens with zero attached hydrogens (tertiary/aromatic N) is 1. The molecule has 0 amide bonds. The van der Waals surface area contributed by atoms with Gasteiger partial charge in [0.05, 0.1) is 22.8 Å². The molecule has 0 atom stereocenters. The number of anilines is 1. The lowest BCUT2D eigenvalue weighted by Gasteiger charge is -2.14. The molecule has 0 aliphatic rings. The van der Waals surface area contributed by atoms with Gasteiger partial charge in [-0.05, 0) is 26.0 Å². The fourth-order valence-corrected chi connectivity index (χ4v) is 2.69. The number of aromatic nitrogens is 1. The van der Waals surface area contributed by atoms with Crippen LogP contribution >= 0.6 is 23.2 Å². The van der Waals surface area contributed by atoms with Crippen LogP contribution in [0.2, 0.25) is 10.0 Å². The maximum atomic E-state index is 6.09. The van der Waals surface area contributed by atoms with Crippen LogP contribution in [0.1, 0.15) is 16.8 Å². The van der Waals surface area contributed by atoms with Gasteiger partial charge >= 0.3 is 0 Å². The smallest absolute Gasteiger partial charge is 0.157 e. The third-order valence-corrected chi connectivity index (χ3v) is 3.69. The van der Waals surface area contributed by atoms with E-state index in [0.717, 1.165) is 22.6 Å². The summed E-state index contributed by atoms with van der Waals surface area (Å²) in [5.74, 6) is 1.20. The van der Waals surface area contributed by atoms with Gasteiger partial charge in [0.1, 0.15) is 12.4 Å². The Labute approximate surface area is 133 Å². The van der Waals surface area contributed by atoms with Crippen LogP contribution < -0.4 is 15.2 Å². The summed E-state index contributed by atoms with van der Waals surface area (Å²) in [6.45, 7) is 4.12. The van der Waals surface area contributed by atoms with E-state index in [1.165, 1.54) is 0 Å². The molecule has 4 nitrogen and oxygen atoms in total. The number of nitrogens with two attached hydrogens (primary N) is 1. The van der Waals surface area contributed by atoms with Crippen molar-refractivity contribution in [3.05, 3.63) is 45.2 Å². The van der Waals surface area contributed by atoms with Crippen molar-refractivity contribution in [3.8, 4) is 11.5 Å². The van der Waals surface area contributed by atoms with Gasteiger partial charge in [0.15, 0.2) is 5.75 Å². The summed E-state index contributed by atoms with van der Waals surface area (Å²) in [6.07, 6.45) is 1.75. The van der Waals surface area contributed by atoms with Crippen molar-refractivity contribution >= 4 is 28.9 Å². The Hall–Kier alpha value is -1.65. The molecule has 112 valence electrons. The largest absolute Gasteiger partial charge is 0.496 e. The van der Waals surface area contributed by atoms with E-state index in [2.05, 4.69) is 4.98 Å². The van der Waals surface area contributed by atoms with Crippen LogP contribution in [-0.4, -0.2) is 12.1 Å². The molecule has 0 aliphatic carbocycles. The van der Waals surface area contributed by atoms with Crippen molar-refractivity contribution in [1.29, 1.82) is 0 Å². The number of halogens is 2. The summed E-state index contributed by atoms with van der Waals surface area (Å²) >= 11 is 12.2. The van der Waals surface area contributed by atoms with E-state index in [1.54, 1.807) is 25.4 Å². The van der Waals surface area contributed by atoms with E-state index in [0.29, 0.717) is 21.5 Å². The van der Waals surface area contributed by atoms with Gasteiger partial charge in [0, 0.05) is 23.0 Å². The number of methoxy groups -OCH3 is 1. The standard InChI is InChI=1S/C15H16Cl2N2O2/c1-8-6-19-13(9(2)14(8)20-3)7-21-15-11(16)4-10(18)5-12(15)17/h4-6H,7,18H2,1-3H3. The molecule has 1 aromatic carbocycles. The van der Waals surface area contributed by atoms with Crippen LogP contribution in [0.3, 0.4) is 0 Å². The fraction of sp³-hybridized carbons (Fsp3) is 0.267. The average Bonchev–Trinajstić information content (AvgIpc) is 2.40. The van der Waals surface area contributed by atoms with Gasteiger partial charge in [0.25, 0.3) is 0 Å². The Morgan fingerprint density at radius 3 is 2.33 bits per heavy atom. The Morgan fingerprint density at radius 1 is 1.14 bits per heavy atom. The van der Waals surface area contributed by atoms with Gasteiger partial charge in [-0.1, -0.05) is 23.2 Å². The van der Waals surface area contributed by atoms with E-state index in [9.17, 15) is 0 Å². The molecular formula is C15H16Cl2N2O2. The molecule has 0 aliphatic heterocycles. The highest BCUT2D eigenvalue weighted by molar-refractivity contribution is 6.37. The molecule has 6 heteroatoms. The SMILES string of the molecule is COc1c(C)cnc(COc2c(Cl)cc(N)cc2Cl)c1C. The molecule has 0 spiro atoms. The maximum absolute atomic E-state index is 6.09.